The predicted molar refractivity (Wildman–Crippen MR) is 119 cm³/mol. The number of likely N-dealkylation sites (N-methyl/N-ethyl adjacent to an activating group) is 1. The van der Waals surface area contributed by atoms with Crippen molar-refractivity contribution in [1.29, 1.82) is 0 Å². The Bertz CT molecular complexity index is 1030. The fourth-order valence-electron chi connectivity index (χ4n) is 5.68. The van der Waals surface area contributed by atoms with Gasteiger partial charge < -0.3 is 23.8 Å². The molecular formula is C26H30NO6+. The Balaban J connectivity index is 1.41. The van der Waals surface area contributed by atoms with E-state index in [1.165, 1.54) is 0 Å². The van der Waals surface area contributed by atoms with Crippen LogP contribution in [0.5, 0.6) is 0 Å². The number of carbonyl (C=O) groups is 2. The first-order valence-electron chi connectivity index (χ1n) is 11.5. The highest BCUT2D eigenvalue weighted by molar-refractivity contribution is 5.90. The number of benzene rings is 2. The summed E-state index contributed by atoms with van der Waals surface area (Å²) < 4.78 is 17.7. The van der Waals surface area contributed by atoms with E-state index < -0.39 is 17.5 Å². The zero-order chi connectivity index (χ0) is 23.4. The number of piperidine rings is 1. The Morgan fingerprint density at radius 2 is 1.58 bits per heavy atom. The summed E-state index contributed by atoms with van der Waals surface area (Å²) in [5.41, 5.74) is -0.880. The average molecular weight is 453 g/mol. The molecule has 0 spiro atoms. The molecule has 0 saturated carbocycles. The van der Waals surface area contributed by atoms with Gasteiger partial charge in [0.25, 0.3) is 0 Å². The maximum atomic E-state index is 13.5. The monoisotopic (exact) mass is 452 g/mol. The molecule has 0 aliphatic carbocycles. The smallest absolute Gasteiger partial charge is 0.347 e. The highest BCUT2D eigenvalue weighted by atomic mass is 16.6. The molecule has 3 saturated heterocycles. The van der Waals surface area contributed by atoms with Crippen LogP contribution in [0.1, 0.15) is 41.3 Å². The lowest BCUT2D eigenvalue weighted by atomic mass is 9.85. The molecule has 5 rings (SSSR count). The number of hydrogen-bond donors (Lipinski definition) is 1. The summed E-state index contributed by atoms with van der Waals surface area (Å²) in [6.07, 6.45) is 1.64. The third-order valence-corrected chi connectivity index (χ3v) is 7.61. The summed E-state index contributed by atoms with van der Waals surface area (Å²) in [4.78, 5) is 25.6. The SMILES string of the molecule is CCOC(=O)c1ccc(C(O)(C(=O)OC2C[C@@H]3[C@H]4O[C@H]4[C@H](C2)[N+]3(C)C)c2ccccc2)cc1. The number of hydrogen-bond acceptors (Lipinski definition) is 6. The average Bonchev–Trinajstić information content (AvgIpc) is 3.58. The summed E-state index contributed by atoms with van der Waals surface area (Å²) in [7, 11) is 4.43. The van der Waals surface area contributed by atoms with E-state index in [0.717, 1.165) is 4.48 Å². The third kappa shape index (κ3) is 3.55. The molecule has 0 aromatic heterocycles. The van der Waals surface area contributed by atoms with Crippen molar-refractivity contribution in [2.45, 2.75) is 55.8 Å². The minimum absolute atomic E-state index is 0.247. The number of fused-ring (bicyclic) bond motifs is 5. The van der Waals surface area contributed by atoms with E-state index in [1.807, 2.05) is 6.07 Å². The van der Waals surface area contributed by atoms with Crippen molar-refractivity contribution in [3.63, 3.8) is 0 Å². The molecule has 2 aromatic rings. The molecule has 2 unspecified atom stereocenters. The van der Waals surface area contributed by atoms with Gasteiger partial charge in [-0.1, -0.05) is 42.5 Å². The minimum Gasteiger partial charge on any atom is -0.462 e. The normalized spacial score (nSPS) is 30.6. The van der Waals surface area contributed by atoms with Gasteiger partial charge in [0.05, 0.1) is 26.3 Å². The summed E-state index contributed by atoms with van der Waals surface area (Å²) in [5.74, 6) is -1.15. The van der Waals surface area contributed by atoms with Crippen molar-refractivity contribution < 1.29 is 33.4 Å². The molecule has 3 fully saturated rings. The summed E-state index contributed by atoms with van der Waals surface area (Å²) in [6, 6.07) is 15.6. The molecule has 1 N–H and O–H groups in total. The predicted octanol–water partition coefficient (Wildman–Crippen LogP) is 2.40. The number of epoxide rings is 1. The van der Waals surface area contributed by atoms with Crippen LogP contribution in [-0.4, -0.2) is 72.6 Å². The quantitative estimate of drug-likeness (QED) is 0.412. The van der Waals surface area contributed by atoms with E-state index in [4.69, 9.17) is 14.2 Å². The van der Waals surface area contributed by atoms with Crippen molar-refractivity contribution in [1.82, 2.24) is 0 Å². The van der Waals surface area contributed by atoms with Crippen LogP contribution in [-0.2, 0) is 24.6 Å². The number of carbonyl (C=O) groups excluding carboxylic acids is 2. The highest BCUT2D eigenvalue weighted by Crippen LogP contribution is 2.52. The molecule has 3 aliphatic rings. The van der Waals surface area contributed by atoms with Gasteiger partial charge in [-0.15, -0.1) is 0 Å². The molecule has 0 amide bonds. The molecule has 2 aromatic carbocycles. The second-order valence-electron chi connectivity index (χ2n) is 9.70. The maximum Gasteiger partial charge on any atom is 0.347 e. The van der Waals surface area contributed by atoms with Gasteiger partial charge in [-0.3, -0.25) is 0 Å². The van der Waals surface area contributed by atoms with E-state index in [9.17, 15) is 14.7 Å². The first kappa shape index (κ1) is 22.1. The fourth-order valence-corrected chi connectivity index (χ4v) is 5.68. The second kappa shape index (κ2) is 7.94. The van der Waals surface area contributed by atoms with E-state index in [0.29, 0.717) is 41.6 Å². The van der Waals surface area contributed by atoms with Crippen molar-refractivity contribution in [2.75, 3.05) is 20.7 Å². The van der Waals surface area contributed by atoms with Gasteiger partial charge in [0, 0.05) is 12.8 Å². The lowest BCUT2D eigenvalue weighted by Crippen LogP contribution is -2.60. The first-order chi connectivity index (χ1) is 15.8. The molecule has 174 valence electrons. The number of ether oxygens (including phenoxy) is 3. The Kier molecular flexibility index (Phi) is 5.31. The van der Waals surface area contributed by atoms with Crippen LogP contribution < -0.4 is 0 Å². The van der Waals surface area contributed by atoms with Crippen LogP contribution in [0.2, 0.25) is 0 Å². The number of quaternary nitrogens is 1. The maximum absolute atomic E-state index is 13.5. The van der Waals surface area contributed by atoms with Gasteiger partial charge in [-0.05, 0) is 30.2 Å². The number of aliphatic hydroxyl groups is 1. The zero-order valence-electron chi connectivity index (χ0n) is 19.1. The summed E-state index contributed by atoms with van der Waals surface area (Å²) >= 11 is 0. The fraction of sp³-hybridized carbons (Fsp3) is 0.462. The number of esters is 2. The van der Waals surface area contributed by atoms with Crippen LogP contribution in [0.4, 0.5) is 0 Å². The molecule has 0 radical (unpaired) electrons. The molecule has 2 bridgehead atoms. The Labute approximate surface area is 193 Å². The zero-order valence-corrected chi connectivity index (χ0v) is 19.1. The lowest BCUT2D eigenvalue weighted by molar-refractivity contribution is -0.938. The van der Waals surface area contributed by atoms with Crippen LogP contribution >= 0.6 is 0 Å². The molecular weight excluding hydrogens is 422 g/mol. The van der Waals surface area contributed by atoms with Crippen LogP contribution in [0.15, 0.2) is 54.6 Å². The van der Waals surface area contributed by atoms with E-state index >= 15 is 0 Å². The van der Waals surface area contributed by atoms with Gasteiger partial charge in [-0.2, -0.15) is 0 Å². The molecule has 3 aliphatic heterocycles. The standard InChI is InChI=1S/C26H30NO6/c1-4-31-24(28)16-10-12-18(13-11-16)26(30,17-8-6-5-7-9-17)25(29)32-19-14-20-22-23(33-22)21(15-19)27(20,2)3/h5-13,19-23,30H,4,14-15H2,1-3H3/q+1/t19?,20-,21+,22-,23+,26?. The Morgan fingerprint density at radius 1 is 1.00 bits per heavy atom. The largest absolute Gasteiger partial charge is 0.462 e. The van der Waals surface area contributed by atoms with Crippen LogP contribution in [0, 0.1) is 0 Å². The lowest BCUT2D eigenvalue weighted by Gasteiger charge is -2.45. The van der Waals surface area contributed by atoms with Gasteiger partial charge in [0.2, 0.25) is 5.60 Å². The Hall–Kier alpha value is -2.74. The van der Waals surface area contributed by atoms with E-state index in [-0.39, 0.29) is 24.9 Å². The number of morpholine rings is 1. The van der Waals surface area contributed by atoms with Gasteiger partial charge in [0.15, 0.2) is 0 Å². The van der Waals surface area contributed by atoms with Crippen LogP contribution in [0.3, 0.4) is 0 Å². The van der Waals surface area contributed by atoms with Gasteiger partial charge in [-0.25, -0.2) is 9.59 Å². The van der Waals surface area contributed by atoms with Crippen molar-refractivity contribution in [2.24, 2.45) is 0 Å². The second-order valence-corrected chi connectivity index (χ2v) is 9.70. The highest BCUT2D eigenvalue weighted by Gasteiger charge is 2.71. The first-order valence-corrected chi connectivity index (χ1v) is 11.5. The van der Waals surface area contributed by atoms with Gasteiger partial charge in [0.1, 0.15) is 30.4 Å². The van der Waals surface area contributed by atoms with Crippen molar-refractivity contribution >= 4 is 11.9 Å². The number of rotatable bonds is 6. The minimum atomic E-state index is -1.99. The van der Waals surface area contributed by atoms with Gasteiger partial charge >= 0.3 is 11.9 Å². The molecule has 33 heavy (non-hydrogen) atoms. The van der Waals surface area contributed by atoms with Crippen LogP contribution in [0.25, 0.3) is 0 Å². The topological polar surface area (TPSA) is 85.4 Å². The summed E-state index contributed by atoms with van der Waals surface area (Å²) in [5, 5.41) is 11.8. The molecule has 6 atom stereocenters. The number of nitrogens with zero attached hydrogens (tertiary/aromatic N) is 1. The third-order valence-electron chi connectivity index (χ3n) is 7.61. The van der Waals surface area contributed by atoms with E-state index in [1.54, 1.807) is 55.5 Å². The molecule has 3 heterocycles. The molecule has 7 nitrogen and oxygen atoms in total. The van der Waals surface area contributed by atoms with Crippen molar-refractivity contribution in [3.8, 4) is 0 Å². The van der Waals surface area contributed by atoms with Crippen molar-refractivity contribution in [3.05, 3.63) is 71.3 Å². The molecule has 7 heteroatoms. The van der Waals surface area contributed by atoms with E-state index in [2.05, 4.69) is 14.1 Å². The Morgan fingerprint density at radius 3 is 2.15 bits per heavy atom. The summed E-state index contributed by atoms with van der Waals surface area (Å²) in [6.45, 7) is 2.01.